The third-order valence-corrected chi connectivity index (χ3v) is 6.32. The molecule has 1 aliphatic heterocycles. The molecule has 4 rings (SSSR count). The molecule has 0 amide bonds. The van der Waals surface area contributed by atoms with Crippen molar-refractivity contribution in [1.29, 1.82) is 0 Å². The average molecular weight is 404 g/mol. The average Bonchev–Trinajstić information content (AvgIpc) is 3.13. The molecule has 0 radical (unpaired) electrons. The van der Waals surface area contributed by atoms with Gasteiger partial charge < -0.3 is 14.6 Å². The van der Waals surface area contributed by atoms with E-state index in [-0.39, 0.29) is 6.04 Å². The molecule has 2 heterocycles. The predicted molar refractivity (Wildman–Crippen MR) is 124 cm³/mol. The van der Waals surface area contributed by atoms with Crippen LogP contribution in [0.4, 0.5) is 5.69 Å². The summed E-state index contributed by atoms with van der Waals surface area (Å²) in [5, 5.41) is 10.8. The van der Waals surface area contributed by atoms with Crippen molar-refractivity contribution in [3.8, 4) is 5.75 Å². The number of hydrogen-bond donors (Lipinski definition) is 1. The Morgan fingerprint density at radius 1 is 1.00 bits per heavy atom. The Hall–Kier alpha value is -2.72. The van der Waals surface area contributed by atoms with Crippen molar-refractivity contribution in [3.05, 3.63) is 83.2 Å². The second kappa shape index (κ2) is 8.97. The minimum absolute atomic E-state index is 0.185. The highest BCUT2D eigenvalue weighted by Gasteiger charge is 2.28. The van der Waals surface area contributed by atoms with Crippen LogP contribution in [-0.4, -0.2) is 34.2 Å². The number of hydrogen-bond acceptors (Lipinski definition) is 3. The largest absolute Gasteiger partial charge is 0.508 e. The number of benzene rings is 2. The fourth-order valence-electron chi connectivity index (χ4n) is 4.63. The van der Waals surface area contributed by atoms with Gasteiger partial charge in [-0.2, -0.15) is 0 Å². The molecular weight excluding hydrogens is 370 g/mol. The molecule has 0 saturated heterocycles. The Kier molecular flexibility index (Phi) is 6.14. The van der Waals surface area contributed by atoms with Crippen molar-refractivity contribution in [2.24, 2.45) is 0 Å². The maximum Gasteiger partial charge on any atom is 0.122 e. The number of aryl methyl sites for hydroxylation is 2. The van der Waals surface area contributed by atoms with Crippen LogP contribution in [-0.2, 0) is 13.1 Å². The van der Waals surface area contributed by atoms with Gasteiger partial charge in [0.1, 0.15) is 5.75 Å². The molecule has 2 aromatic carbocycles. The predicted octanol–water partition coefficient (Wildman–Crippen LogP) is 5.34. The lowest BCUT2D eigenvalue weighted by Crippen LogP contribution is -2.29. The van der Waals surface area contributed by atoms with Crippen molar-refractivity contribution < 1.29 is 5.11 Å². The third-order valence-electron chi connectivity index (χ3n) is 6.32. The molecule has 1 unspecified atom stereocenters. The van der Waals surface area contributed by atoms with Crippen LogP contribution >= 0.6 is 0 Å². The number of phenolic OH excluding ortho intramolecular Hbond substituents is 1. The number of aromatic hydroxyl groups is 1. The fourth-order valence-corrected chi connectivity index (χ4v) is 4.63. The standard InChI is InChI=1S/C26H33N3O/c1-4-27(5-2)23-14-13-22(25(30)18-23)19-29-17-7-16-28-15-6-8-24(28)26(29)21-11-9-20(3)10-12-21/h6,8-15,18,26,30H,4-5,7,16-17,19H2,1-3H3. The number of anilines is 1. The Balaban J connectivity index is 1.67. The van der Waals surface area contributed by atoms with Crippen LogP contribution in [0.1, 0.15) is 48.7 Å². The number of rotatable bonds is 6. The van der Waals surface area contributed by atoms with E-state index in [2.05, 4.69) is 89.9 Å². The van der Waals surface area contributed by atoms with Gasteiger partial charge in [0.05, 0.1) is 6.04 Å². The van der Waals surface area contributed by atoms with E-state index in [0.29, 0.717) is 5.75 Å². The molecule has 1 aromatic heterocycles. The molecule has 1 N–H and O–H groups in total. The van der Waals surface area contributed by atoms with E-state index in [9.17, 15) is 5.11 Å². The van der Waals surface area contributed by atoms with E-state index in [0.717, 1.165) is 50.4 Å². The second-order valence-corrected chi connectivity index (χ2v) is 8.25. The molecular formula is C26H33N3O. The van der Waals surface area contributed by atoms with Gasteiger partial charge in [0, 0.05) is 61.9 Å². The molecule has 3 aromatic rings. The number of fused-ring (bicyclic) bond motifs is 1. The first-order chi connectivity index (χ1) is 14.6. The highest BCUT2D eigenvalue weighted by atomic mass is 16.3. The van der Waals surface area contributed by atoms with Crippen molar-refractivity contribution in [2.75, 3.05) is 24.5 Å². The molecule has 0 aliphatic carbocycles. The van der Waals surface area contributed by atoms with E-state index < -0.39 is 0 Å². The lowest BCUT2D eigenvalue weighted by molar-refractivity contribution is 0.218. The molecule has 1 aliphatic rings. The van der Waals surface area contributed by atoms with E-state index in [1.165, 1.54) is 16.8 Å². The van der Waals surface area contributed by atoms with E-state index in [1.807, 2.05) is 6.07 Å². The van der Waals surface area contributed by atoms with E-state index >= 15 is 0 Å². The molecule has 4 nitrogen and oxygen atoms in total. The number of phenols is 1. The van der Waals surface area contributed by atoms with Gasteiger partial charge in [-0.1, -0.05) is 35.9 Å². The lowest BCUT2D eigenvalue weighted by Gasteiger charge is -2.31. The normalized spacial score (nSPS) is 16.8. The topological polar surface area (TPSA) is 31.6 Å². The van der Waals surface area contributed by atoms with Gasteiger partial charge in [-0.05, 0) is 51.0 Å². The summed E-state index contributed by atoms with van der Waals surface area (Å²) in [6.45, 7) is 11.1. The molecule has 4 heteroatoms. The minimum Gasteiger partial charge on any atom is -0.508 e. The van der Waals surface area contributed by atoms with Crippen LogP contribution in [0, 0.1) is 6.92 Å². The monoisotopic (exact) mass is 403 g/mol. The highest BCUT2D eigenvalue weighted by molar-refractivity contribution is 5.53. The Labute approximate surface area is 180 Å². The smallest absolute Gasteiger partial charge is 0.122 e. The second-order valence-electron chi connectivity index (χ2n) is 8.25. The van der Waals surface area contributed by atoms with Gasteiger partial charge >= 0.3 is 0 Å². The van der Waals surface area contributed by atoms with Crippen LogP contribution < -0.4 is 4.90 Å². The number of nitrogens with zero attached hydrogens (tertiary/aromatic N) is 3. The lowest BCUT2D eigenvalue weighted by atomic mass is 9.99. The van der Waals surface area contributed by atoms with Crippen LogP contribution in [0.5, 0.6) is 5.75 Å². The molecule has 0 fully saturated rings. The first-order valence-electron chi connectivity index (χ1n) is 11.1. The summed E-state index contributed by atoms with van der Waals surface area (Å²) < 4.78 is 2.38. The fraction of sp³-hybridized carbons (Fsp3) is 0.385. The summed E-state index contributed by atoms with van der Waals surface area (Å²) in [7, 11) is 0. The van der Waals surface area contributed by atoms with Gasteiger partial charge in [-0.15, -0.1) is 0 Å². The molecule has 158 valence electrons. The zero-order valence-electron chi connectivity index (χ0n) is 18.4. The molecule has 0 saturated carbocycles. The molecule has 30 heavy (non-hydrogen) atoms. The minimum atomic E-state index is 0.185. The maximum absolute atomic E-state index is 10.8. The summed E-state index contributed by atoms with van der Waals surface area (Å²) in [6.07, 6.45) is 3.29. The van der Waals surface area contributed by atoms with Crippen molar-refractivity contribution in [2.45, 2.75) is 46.3 Å². The Morgan fingerprint density at radius 2 is 1.77 bits per heavy atom. The van der Waals surface area contributed by atoms with E-state index in [4.69, 9.17) is 0 Å². The maximum atomic E-state index is 10.8. The summed E-state index contributed by atoms with van der Waals surface area (Å²) in [5.41, 5.74) is 5.99. The van der Waals surface area contributed by atoms with E-state index in [1.54, 1.807) is 0 Å². The number of aromatic nitrogens is 1. The van der Waals surface area contributed by atoms with Crippen LogP contribution in [0.15, 0.2) is 60.8 Å². The van der Waals surface area contributed by atoms with Gasteiger partial charge in [0.25, 0.3) is 0 Å². The molecule has 0 spiro atoms. The van der Waals surface area contributed by atoms with Gasteiger partial charge in [0.15, 0.2) is 0 Å². The Morgan fingerprint density at radius 3 is 2.47 bits per heavy atom. The van der Waals surface area contributed by atoms with Crippen LogP contribution in [0.3, 0.4) is 0 Å². The quantitative estimate of drug-likeness (QED) is 0.602. The Bertz CT molecular complexity index is 972. The van der Waals surface area contributed by atoms with Crippen molar-refractivity contribution in [3.63, 3.8) is 0 Å². The zero-order valence-corrected chi connectivity index (χ0v) is 18.4. The third kappa shape index (κ3) is 4.10. The van der Waals surface area contributed by atoms with Gasteiger partial charge in [-0.3, -0.25) is 4.90 Å². The molecule has 0 bridgehead atoms. The summed E-state index contributed by atoms with van der Waals surface area (Å²) in [5.74, 6) is 0.390. The van der Waals surface area contributed by atoms with Crippen molar-refractivity contribution >= 4 is 5.69 Å². The highest BCUT2D eigenvalue weighted by Crippen LogP contribution is 2.35. The van der Waals surface area contributed by atoms with Gasteiger partial charge in [0.2, 0.25) is 0 Å². The SMILES string of the molecule is CCN(CC)c1ccc(CN2CCCn3cccc3C2c2ccc(C)cc2)c(O)c1. The molecule has 1 atom stereocenters. The van der Waals surface area contributed by atoms with Gasteiger partial charge in [-0.25, -0.2) is 0 Å². The van der Waals surface area contributed by atoms with Crippen molar-refractivity contribution in [1.82, 2.24) is 9.47 Å². The summed E-state index contributed by atoms with van der Waals surface area (Å²) in [6, 6.07) is 19.6. The van der Waals surface area contributed by atoms with Crippen LogP contribution in [0.25, 0.3) is 0 Å². The van der Waals surface area contributed by atoms with Crippen LogP contribution in [0.2, 0.25) is 0 Å². The first-order valence-corrected chi connectivity index (χ1v) is 11.1. The summed E-state index contributed by atoms with van der Waals surface area (Å²) in [4.78, 5) is 4.77. The summed E-state index contributed by atoms with van der Waals surface area (Å²) >= 11 is 0. The first kappa shape index (κ1) is 20.5. The zero-order chi connectivity index (χ0) is 21.1.